The Labute approximate surface area is 436 Å². The van der Waals surface area contributed by atoms with E-state index < -0.39 is 18.9 Å². The summed E-state index contributed by atoms with van der Waals surface area (Å²) in [5.41, 5.74) is 20.2. The van der Waals surface area contributed by atoms with E-state index in [9.17, 15) is 4.11 Å². The van der Waals surface area contributed by atoms with Gasteiger partial charge in [-0.15, -0.1) is 4.57 Å². The fourth-order valence-electron chi connectivity index (χ4n) is 11.8. The third-order valence-electron chi connectivity index (χ3n) is 16.2. The van der Waals surface area contributed by atoms with Crippen molar-refractivity contribution in [3.05, 3.63) is 172 Å². The van der Waals surface area contributed by atoms with Crippen molar-refractivity contribution in [2.24, 2.45) is 0 Å². The predicted octanol–water partition coefficient (Wildman–Crippen LogP) is 17.8. The molecule has 2 atom stereocenters. The zero-order valence-electron chi connectivity index (χ0n) is 49.4. The summed E-state index contributed by atoms with van der Waals surface area (Å²) in [5, 5.41) is 0. The average molecular weight is 956 g/mol. The quantitative estimate of drug-likeness (QED) is 0.165. The minimum absolute atomic E-state index is 0.0370. The van der Waals surface area contributed by atoms with Crippen LogP contribution < -0.4 is 19.1 Å². The van der Waals surface area contributed by atoms with Crippen molar-refractivity contribution in [1.82, 2.24) is 0 Å². The molecule has 2 unspecified atom stereocenters. The number of para-hydroxylation sites is 1. The number of aromatic nitrogens is 1. The lowest BCUT2D eigenvalue weighted by Crippen LogP contribution is -2.71. The Bertz CT molecular complexity index is 3490. The molecule has 4 aliphatic heterocycles. The fraction of sp³-hybridized carbons (Fsp3) is 0.397. The number of fused-ring (bicyclic) bond motifs is 5. The molecule has 0 bridgehead atoms. The topological polar surface area (TPSA) is 19.6 Å². The monoisotopic (exact) mass is 956 g/mol. The average Bonchev–Trinajstić information content (AvgIpc) is 4.04. The molecular weight excluding hydrogens is 875 g/mol. The van der Waals surface area contributed by atoms with Gasteiger partial charge in [0.1, 0.15) is 17.5 Å². The van der Waals surface area contributed by atoms with Gasteiger partial charge in [-0.1, -0.05) is 191 Å². The molecule has 4 nitrogen and oxygen atoms in total. The van der Waals surface area contributed by atoms with Gasteiger partial charge in [0.15, 0.2) is 6.20 Å². The summed E-state index contributed by atoms with van der Waals surface area (Å²) in [4.78, 5) is 4.88. The lowest BCUT2D eigenvalue weighted by atomic mass is 9.77. The largest absolute Gasteiger partial charge is 0.432 e. The van der Waals surface area contributed by atoms with Crippen LogP contribution in [0.3, 0.4) is 0 Å². The van der Waals surface area contributed by atoms with E-state index in [-0.39, 0.29) is 32.5 Å². The van der Waals surface area contributed by atoms with Crippen LogP contribution in [-0.2, 0) is 38.3 Å². The highest BCUT2D eigenvalue weighted by Gasteiger charge is 2.70. The molecule has 11 rings (SSSR count). The number of hydrogen-bond acceptors (Lipinski definition) is 3. The number of anilines is 3. The second-order valence-electron chi connectivity index (χ2n) is 27.7. The highest BCUT2D eigenvalue weighted by molar-refractivity contribution is 6.02. The van der Waals surface area contributed by atoms with Crippen molar-refractivity contribution in [3.8, 4) is 50.4 Å². The van der Waals surface area contributed by atoms with Crippen molar-refractivity contribution < 1.29 is 13.4 Å². The summed E-state index contributed by atoms with van der Waals surface area (Å²) in [6.45, 7) is 38.4. The number of rotatable bonds is 3. The predicted molar refractivity (Wildman–Crippen MR) is 303 cm³/mol. The smallest absolute Gasteiger partial charge is 0.410 e. The summed E-state index contributed by atoms with van der Waals surface area (Å²) in [7, 11) is 0. The maximum atomic E-state index is 9.47. The molecule has 0 radical (unpaired) electrons. The molecule has 7 aromatic rings. The second-order valence-corrected chi connectivity index (χ2v) is 27.7. The van der Waals surface area contributed by atoms with E-state index in [4.69, 9.17) is 4.74 Å². The van der Waals surface area contributed by atoms with Gasteiger partial charge in [0.25, 0.3) is 0 Å². The minimum Gasteiger partial charge on any atom is -0.410 e. The first-order valence-electron chi connectivity index (χ1n) is 27.9. The van der Waals surface area contributed by atoms with Crippen LogP contribution in [0.15, 0.2) is 121 Å². The number of benzene rings is 6. The number of hydrogen-bond donors (Lipinski definition) is 0. The van der Waals surface area contributed by atoms with Crippen molar-refractivity contribution in [3.63, 3.8) is 0 Å². The highest BCUT2D eigenvalue weighted by Crippen LogP contribution is 2.68. The molecule has 1 aromatic heterocycles. The Morgan fingerprint density at radius 2 is 1.06 bits per heavy atom. The molecule has 6 aromatic carbocycles. The maximum absolute atomic E-state index is 9.47. The number of aryl methyl sites for hydroxylation is 1. The third kappa shape index (κ3) is 7.23. The first kappa shape index (κ1) is 44.6. The van der Waals surface area contributed by atoms with Crippen molar-refractivity contribution in [2.45, 2.75) is 176 Å². The van der Waals surface area contributed by atoms with Crippen LogP contribution in [-0.4, -0.2) is 0 Å². The van der Waals surface area contributed by atoms with Crippen LogP contribution in [0.5, 0.6) is 5.75 Å². The Hall–Kier alpha value is -6.13. The molecular formula is C68H78N3O+. The molecule has 72 heavy (non-hydrogen) atoms. The van der Waals surface area contributed by atoms with Crippen molar-refractivity contribution in [1.29, 1.82) is 0 Å². The summed E-state index contributed by atoms with van der Waals surface area (Å²) in [6, 6.07) is 42.9. The molecule has 1 spiro atoms. The van der Waals surface area contributed by atoms with Crippen LogP contribution in [0.4, 0.5) is 17.1 Å². The minimum atomic E-state index is -2.46. The van der Waals surface area contributed by atoms with Gasteiger partial charge in [-0.05, 0) is 131 Å². The first-order chi connectivity index (χ1) is 34.6. The Morgan fingerprint density at radius 1 is 0.486 bits per heavy atom. The molecule has 0 fully saturated rings. The lowest BCUT2D eigenvalue weighted by Gasteiger charge is -2.49. The summed E-state index contributed by atoms with van der Waals surface area (Å²) in [5.74, 6) is -0.349. The number of ether oxygens (including phenoxy) is 1. The number of nitrogens with zero attached hydrogens (tertiary/aromatic N) is 3. The third-order valence-corrected chi connectivity index (χ3v) is 16.2. The zero-order valence-corrected chi connectivity index (χ0v) is 46.4. The van der Waals surface area contributed by atoms with E-state index in [1.807, 2.05) is 6.07 Å². The summed E-state index contributed by atoms with van der Waals surface area (Å²) < 4.78 is 39.0. The zero-order chi connectivity index (χ0) is 54.3. The summed E-state index contributed by atoms with van der Waals surface area (Å²) >= 11 is 0. The van der Waals surface area contributed by atoms with Gasteiger partial charge < -0.3 is 9.64 Å². The van der Waals surface area contributed by atoms with E-state index in [1.165, 1.54) is 27.8 Å². The maximum Gasteiger partial charge on any atom is 0.432 e. The Morgan fingerprint density at radius 3 is 1.65 bits per heavy atom. The van der Waals surface area contributed by atoms with Gasteiger partial charge in [-0.2, -0.15) is 0 Å². The van der Waals surface area contributed by atoms with Crippen molar-refractivity contribution >= 4 is 17.1 Å². The van der Waals surface area contributed by atoms with E-state index in [0.717, 1.165) is 78.5 Å². The fourth-order valence-corrected chi connectivity index (χ4v) is 11.8. The molecule has 4 heteroatoms. The lowest BCUT2D eigenvalue weighted by molar-refractivity contribution is -0.774. The standard InChI is InChI=1S/C68H78N3O/c1-40-31-42(44-32-46(63(5,6)7)35-47(33-44)64(8,9)10)25-28-55(40)70-56-22-20-21-50-51-36-48(65(11,12)13)37-52-57-34-43(41-23-26-45(27-24-41)62(2,3)4)29-30-69(57)68(58(51)52)71(59(50)56)61(70)53-38-49(66(14,15)16)39-54(60(53)72-68)67(17,18)19/h20-39,61H,1-19H3/q+1/i1D3. The number of pyridine rings is 1. The molecule has 0 saturated carbocycles. The van der Waals surface area contributed by atoms with Crippen LogP contribution >= 0.6 is 0 Å². The van der Waals surface area contributed by atoms with Gasteiger partial charge in [-0.25, -0.2) is 4.90 Å². The molecule has 0 N–H and O–H groups in total. The highest BCUT2D eigenvalue weighted by atomic mass is 16.5. The van der Waals surface area contributed by atoms with Gasteiger partial charge in [-0.3, -0.25) is 0 Å². The molecule has 0 aliphatic carbocycles. The van der Waals surface area contributed by atoms with Crippen LogP contribution in [0.25, 0.3) is 44.6 Å². The van der Waals surface area contributed by atoms with Gasteiger partial charge in [0.05, 0.1) is 16.9 Å². The molecule has 5 heterocycles. The van der Waals surface area contributed by atoms with E-state index in [0.29, 0.717) is 11.3 Å². The Balaban J connectivity index is 1.24. The Kier molecular flexibility index (Phi) is 9.42. The van der Waals surface area contributed by atoms with Crippen LogP contribution in [0.2, 0.25) is 0 Å². The second kappa shape index (κ2) is 15.2. The van der Waals surface area contributed by atoms with E-state index in [2.05, 4.69) is 254 Å². The molecule has 0 saturated heterocycles. The SMILES string of the molecule is [2H]C([2H])([2H])c1cc(-c2cc(C(C)(C)C)cc(C(C)(C)C)c2)ccc1N1c2cccc3c2N2C1c1cc(C(C)(C)C)cc(C(C)(C)C)c1OC21c2c-3cc(C(C)(C)C)cc2-c2cc(-c3ccc(C(C)(C)C)cc3)cc[n+]21. The van der Waals surface area contributed by atoms with E-state index in [1.54, 1.807) is 0 Å². The van der Waals surface area contributed by atoms with Gasteiger partial charge >= 0.3 is 5.85 Å². The van der Waals surface area contributed by atoms with Gasteiger partial charge in [0, 0.05) is 44.2 Å². The molecule has 4 aliphatic rings. The van der Waals surface area contributed by atoms with E-state index >= 15 is 0 Å². The molecule has 370 valence electrons. The molecule has 0 amide bonds. The first-order valence-corrected chi connectivity index (χ1v) is 26.4. The summed E-state index contributed by atoms with van der Waals surface area (Å²) in [6.07, 6.45) is 1.74. The normalized spacial score (nSPS) is 18.7. The van der Waals surface area contributed by atoms with Crippen molar-refractivity contribution in [2.75, 3.05) is 9.80 Å². The van der Waals surface area contributed by atoms with Crippen LogP contribution in [0.1, 0.15) is 185 Å². The van der Waals surface area contributed by atoms with Gasteiger partial charge in [0.2, 0.25) is 5.69 Å². The van der Waals surface area contributed by atoms with Crippen LogP contribution in [0, 0.1) is 6.85 Å².